The third kappa shape index (κ3) is 5.24. The molecule has 0 spiro atoms. The van der Waals surface area contributed by atoms with Crippen LogP contribution in [0.5, 0.6) is 0 Å². The predicted octanol–water partition coefficient (Wildman–Crippen LogP) is 3.90. The normalized spacial score (nSPS) is 15.1. The average molecular weight is 318 g/mol. The Morgan fingerprint density at radius 2 is 1.83 bits per heavy atom. The first-order valence-corrected chi connectivity index (χ1v) is 8.71. The van der Waals surface area contributed by atoms with Gasteiger partial charge in [-0.2, -0.15) is 0 Å². The highest BCUT2D eigenvalue weighted by atomic mass is 16.5. The molecule has 0 bridgehead atoms. The molecule has 0 atom stereocenters. The molecule has 1 saturated heterocycles. The monoisotopic (exact) mass is 318 g/mol. The van der Waals surface area contributed by atoms with Crippen LogP contribution in [-0.2, 0) is 9.53 Å². The van der Waals surface area contributed by atoms with E-state index in [0.29, 0.717) is 12.3 Å². The Hall–Kier alpha value is -1.55. The van der Waals surface area contributed by atoms with E-state index in [1.54, 1.807) is 0 Å². The van der Waals surface area contributed by atoms with Crippen LogP contribution in [0.15, 0.2) is 12.1 Å². The summed E-state index contributed by atoms with van der Waals surface area (Å²) < 4.78 is 5.41. The van der Waals surface area contributed by atoms with Gasteiger partial charge in [0.25, 0.3) is 0 Å². The number of carbonyl (C=O) groups excluding carboxylic acids is 1. The van der Waals surface area contributed by atoms with Crippen molar-refractivity contribution in [3.8, 4) is 0 Å². The van der Waals surface area contributed by atoms with Crippen molar-refractivity contribution in [1.29, 1.82) is 0 Å². The highest BCUT2D eigenvalue weighted by Gasteiger charge is 2.15. The number of ether oxygens (including phenoxy) is 1. The van der Waals surface area contributed by atoms with Crippen LogP contribution >= 0.6 is 0 Å². The first kappa shape index (κ1) is 17.8. The van der Waals surface area contributed by atoms with Crippen molar-refractivity contribution in [2.24, 2.45) is 5.92 Å². The molecule has 1 amide bonds. The summed E-state index contributed by atoms with van der Waals surface area (Å²) in [5, 5.41) is 3.10. The number of nitrogens with zero attached hydrogens (tertiary/aromatic N) is 1. The predicted molar refractivity (Wildman–Crippen MR) is 96.3 cm³/mol. The molecule has 23 heavy (non-hydrogen) atoms. The molecular formula is C19H30N2O2. The van der Waals surface area contributed by atoms with Gasteiger partial charge < -0.3 is 15.0 Å². The van der Waals surface area contributed by atoms with Gasteiger partial charge in [0.05, 0.1) is 13.2 Å². The molecule has 1 heterocycles. The fourth-order valence-electron chi connectivity index (χ4n) is 3.01. The van der Waals surface area contributed by atoms with Gasteiger partial charge in [-0.3, -0.25) is 4.79 Å². The first-order valence-electron chi connectivity index (χ1n) is 8.71. The van der Waals surface area contributed by atoms with Crippen molar-refractivity contribution in [3.63, 3.8) is 0 Å². The van der Waals surface area contributed by atoms with E-state index in [4.69, 9.17) is 4.74 Å². The lowest BCUT2D eigenvalue weighted by molar-refractivity contribution is -0.116. The van der Waals surface area contributed by atoms with E-state index in [-0.39, 0.29) is 5.91 Å². The molecule has 0 aromatic heterocycles. The Morgan fingerprint density at radius 1 is 1.22 bits per heavy atom. The van der Waals surface area contributed by atoms with Crippen LogP contribution in [0.1, 0.15) is 44.2 Å². The number of benzene rings is 1. The lowest BCUT2D eigenvalue weighted by atomic mass is 10.0. The highest BCUT2D eigenvalue weighted by molar-refractivity contribution is 5.92. The Morgan fingerprint density at radius 3 is 2.39 bits per heavy atom. The quantitative estimate of drug-likeness (QED) is 0.865. The number of carbonyl (C=O) groups is 1. The molecule has 4 nitrogen and oxygen atoms in total. The summed E-state index contributed by atoms with van der Waals surface area (Å²) >= 11 is 0. The molecular weight excluding hydrogens is 288 g/mol. The van der Waals surface area contributed by atoms with Gasteiger partial charge in [-0.05, 0) is 49.4 Å². The van der Waals surface area contributed by atoms with Crippen molar-refractivity contribution in [3.05, 3.63) is 23.3 Å². The molecule has 0 radical (unpaired) electrons. The van der Waals surface area contributed by atoms with Crippen LogP contribution in [0.4, 0.5) is 11.4 Å². The summed E-state index contributed by atoms with van der Waals surface area (Å²) in [5.74, 6) is 0.773. The summed E-state index contributed by atoms with van der Waals surface area (Å²) in [5.41, 5.74) is 4.45. The second-order valence-electron chi connectivity index (χ2n) is 6.89. The molecule has 1 N–H and O–H groups in total. The SMILES string of the molecule is Cc1cc(N2CCOCC2)cc(C)c1NC(=O)CCCC(C)C. The van der Waals surface area contributed by atoms with Gasteiger partial charge in [0.15, 0.2) is 0 Å². The van der Waals surface area contributed by atoms with E-state index >= 15 is 0 Å². The third-order valence-corrected chi connectivity index (χ3v) is 4.34. The van der Waals surface area contributed by atoms with Crippen LogP contribution in [-0.4, -0.2) is 32.2 Å². The van der Waals surface area contributed by atoms with Crippen LogP contribution in [0.3, 0.4) is 0 Å². The highest BCUT2D eigenvalue weighted by Crippen LogP contribution is 2.28. The van der Waals surface area contributed by atoms with Crippen molar-refractivity contribution in [2.75, 3.05) is 36.5 Å². The van der Waals surface area contributed by atoms with Gasteiger partial charge in [-0.15, -0.1) is 0 Å². The van der Waals surface area contributed by atoms with Crippen molar-refractivity contribution in [2.45, 2.75) is 47.0 Å². The van der Waals surface area contributed by atoms with E-state index < -0.39 is 0 Å². The van der Waals surface area contributed by atoms with E-state index in [9.17, 15) is 4.79 Å². The zero-order chi connectivity index (χ0) is 16.8. The molecule has 128 valence electrons. The third-order valence-electron chi connectivity index (χ3n) is 4.34. The summed E-state index contributed by atoms with van der Waals surface area (Å²) in [6, 6.07) is 4.34. The number of amides is 1. The van der Waals surface area contributed by atoms with E-state index in [2.05, 4.69) is 50.0 Å². The molecule has 1 aliphatic heterocycles. The molecule has 1 aromatic carbocycles. The van der Waals surface area contributed by atoms with Crippen molar-refractivity contribution < 1.29 is 9.53 Å². The lowest BCUT2D eigenvalue weighted by Crippen LogP contribution is -2.36. The van der Waals surface area contributed by atoms with Crippen LogP contribution in [0, 0.1) is 19.8 Å². The summed E-state index contributed by atoms with van der Waals surface area (Å²) in [7, 11) is 0. The molecule has 4 heteroatoms. The van der Waals surface area contributed by atoms with Gasteiger partial charge in [0.1, 0.15) is 0 Å². The number of nitrogens with one attached hydrogen (secondary N) is 1. The molecule has 0 saturated carbocycles. The van der Waals surface area contributed by atoms with Gasteiger partial charge in [-0.25, -0.2) is 0 Å². The fraction of sp³-hybridized carbons (Fsp3) is 0.632. The number of anilines is 2. The molecule has 1 fully saturated rings. The molecule has 1 aromatic rings. The molecule has 0 unspecified atom stereocenters. The standard InChI is InChI=1S/C19H30N2O2/c1-14(2)6-5-7-18(22)20-19-15(3)12-17(13-16(19)4)21-8-10-23-11-9-21/h12-14H,5-11H2,1-4H3,(H,20,22). The Balaban J connectivity index is 2.00. The van der Waals surface area contributed by atoms with Crippen molar-refractivity contribution in [1.82, 2.24) is 0 Å². The largest absolute Gasteiger partial charge is 0.378 e. The topological polar surface area (TPSA) is 41.6 Å². The number of rotatable bonds is 6. The number of aryl methyl sites for hydroxylation is 2. The smallest absolute Gasteiger partial charge is 0.224 e. The maximum absolute atomic E-state index is 12.1. The van der Waals surface area contributed by atoms with Gasteiger partial charge in [-0.1, -0.05) is 20.3 Å². The number of morpholine rings is 1. The zero-order valence-electron chi connectivity index (χ0n) is 14.9. The van der Waals surface area contributed by atoms with E-state index in [0.717, 1.165) is 56.0 Å². The lowest BCUT2D eigenvalue weighted by Gasteiger charge is -2.30. The summed E-state index contributed by atoms with van der Waals surface area (Å²) in [4.78, 5) is 14.5. The fourth-order valence-corrected chi connectivity index (χ4v) is 3.01. The molecule has 0 aliphatic carbocycles. The minimum Gasteiger partial charge on any atom is -0.378 e. The average Bonchev–Trinajstić information content (AvgIpc) is 2.51. The number of hydrogen-bond acceptors (Lipinski definition) is 3. The van der Waals surface area contributed by atoms with E-state index in [1.807, 2.05) is 0 Å². The second kappa shape index (κ2) is 8.34. The molecule has 2 rings (SSSR count). The Bertz CT molecular complexity index is 511. The maximum Gasteiger partial charge on any atom is 0.224 e. The van der Waals surface area contributed by atoms with Gasteiger partial charge in [0.2, 0.25) is 5.91 Å². The van der Waals surface area contributed by atoms with Crippen LogP contribution in [0.25, 0.3) is 0 Å². The minimum atomic E-state index is 0.121. The number of hydrogen-bond donors (Lipinski definition) is 1. The minimum absolute atomic E-state index is 0.121. The Labute approximate surface area is 140 Å². The van der Waals surface area contributed by atoms with Gasteiger partial charge >= 0.3 is 0 Å². The van der Waals surface area contributed by atoms with Crippen LogP contribution in [0.2, 0.25) is 0 Å². The summed E-state index contributed by atoms with van der Waals surface area (Å²) in [6.07, 6.45) is 2.65. The van der Waals surface area contributed by atoms with Crippen LogP contribution < -0.4 is 10.2 Å². The van der Waals surface area contributed by atoms with Gasteiger partial charge in [0, 0.05) is 30.9 Å². The second-order valence-corrected chi connectivity index (χ2v) is 6.89. The van der Waals surface area contributed by atoms with Crippen molar-refractivity contribution >= 4 is 17.3 Å². The first-order chi connectivity index (χ1) is 11.0. The maximum atomic E-state index is 12.1. The Kier molecular flexibility index (Phi) is 6.46. The zero-order valence-corrected chi connectivity index (χ0v) is 14.9. The summed E-state index contributed by atoms with van der Waals surface area (Å²) in [6.45, 7) is 12.0. The molecule has 1 aliphatic rings. The van der Waals surface area contributed by atoms with E-state index in [1.165, 1.54) is 5.69 Å².